The molecule has 2 aromatic carbocycles. The lowest BCUT2D eigenvalue weighted by atomic mass is 10.2. The number of hydrogen-bond donors (Lipinski definition) is 1. The van der Waals surface area contributed by atoms with Gasteiger partial charge in [0.25, 0.3) is 5.69 Å². The molecule has 1 N–H and O–H groups in total. The minimum atomic E-state index is -3.79. The maximum Gasteiger partial charge on any atom is 0.294 e. The first kappa shape index (κ1) is 18.9. The molecule has 0 radical (unpaired) electrons. The van der Waals surface area contributed by atoms with E-state index in [0.29, 0.717) is 17.2 Å². The molecule has 1 aliphatic rings. The van der Waals surface area contributed by atoms with Crippen molar-refractivity contribution in [2.75, 3.05) is 25.2 Å². The van der Waals surface area contributed by atoms with Crippen molar-refractivity contribution >= 4 is 27.1 Å². The van der Waals surface area contributed by atoms with Gasteiger partial charge in [0.05, 0.1) is 9.82 Å². The van der Waals surface area contributed by atoms with Crippen LogP contribution in [0.2, 0.25) is 0 Å². The second-order valence-corrected chi connectivity index (χ2v) is 7.66. The normalized spacial score (nSPS) is 13.0. The quantitative estimate of drug-likeness (QED) is 0.568. The average Bonchev–Trinajstić information content (AvgIpc) is 3.10. The van der Waals surface area contributed by atoms with Crippen LogP contribution in [0.5, 0.6) is 11.5 Å². The van der Waals surface area contributed by atoms with Crippen molar-refractivity contribution in [3.63, 3.8) is 0 Å². The zero-order valence-corrected chi connectivity index (χ0v) is 15.7. The first-order valence-electron chi connectivity index (χ1n) is 8.32. The number of nitrogens with one attached hydrogen (secondary N) is 1. The van der Waals surface area contributed by atoms with E-state index in [1.165, 1.54) is 16.4 Å². The number of rotatable bonds is 7. The molecule has 0 atom stereocenters. The molecular formula is C17H19N3O6S. The summed E-state index contributed by atoms with van der Waals surface area (Å²) in [6.07, 6.45) is 0. The zero-order chi connectivity index (χ0) is 19.6. The van der Waals surface area contributed by atoms with Crippen LogP contribution in [0.25, 0.3) is 0 Å². The Balaban J connectivity index is 1.96. The summed E-state index contributed by atoms with van der Waals surface area (Å²) < 4.78 is 37.0. The minimum absolute atomic E-state index is 0.117. The number of anilines is 2. The fourth-order valence-electron chi connectivity index (χ4n) is 2.77. The molecule has 0 bridgehead atoms. The minimum Gasteiger partial charge on any atom is -0.454 e. The summed E-state index contributed by atoms with van der Waals surface area (Å²) in [6, 6.07) is 8.86. The molecule has 1 heterocycles. The van der Waals surface area contributed by atoms with Crippen LogP contribution < -0.4 is 14.8 Å². The van der Waals surface area contributed by atoms with Crippen molar-refractivity contribution < 1.29 is 22.8 Å². The Morgan fingerprint density at radius 2 is 1.81 bits per heavy atom. The lowest BCUT2D eigenvalue weighted by molar-refractivity contribution is -0.384. The monoisotopic (exact) mass is 393 g/mol. The van der Waals surface area contributed by atoms with Crippen molar-refractivity contribution in [1.29, 1.82) is 0 Å². The van der Waals surface area contributed by atoms with Gasteiger partial charge in [-0.2, -0.15) is 4.31 Å². The Morgan fingerprint density at radius 1 is 1.11 bits per heavy atom. The summed E-state index contributed by atoms with van der Waals surface area (Å²) in [6.45, 7) is 4.11. The summed E-state index contributed by atoms with van der Waals surface area (Å²) in [7, 11) is -3.79. The number of fused-ring (bicyclic) bond motifs is 1. The number of ether oxygens (including phenoxy) is 2. The highest BCUT2D eigenvalue weighted by Gasteiger charge is 2.26. The molecule has 0 saturated heterocycles. The molecule has 144 valence electrons. The summed E-state index contributed by atoms with van der Waals surface area (Å²) in [4.78, 5) is 10.8. The lowest BCUT2D eigenvalue weighted by Crippen LogP contribution is -2.30. The molecule has 3 rings (SSSR count). The molecule has 0 spiro atoms. The van der Waals surface area contributed by atoms with Gasteiger partial charge in [0.1, 0.15) is 5.69 Å². The van der Waals surface area contributed by atoms with Crippen LogP contribution in [0.4, 0.5) is 17.1 Å². The highest BCUT2D eigenvalue weighted by atomic mass is 32.2. The molecule has 0 unspecified atom stereocenters. The third-order valence-corrected chi connectivity index (χ3v) is 6.21. The van der Waals surface area contributed by atoms with E-state index in [2.05, 4.69) is 5.32 Å². The molecule has 10 heteroatoms. The standard InChI is InChI=1S/C17H19N3O6S/c1-3-19(4-2)27(23,24)13-6-7-14(15(10-13)20(21)22)18-12-5-8-16-17(9-12)26-11-25-16/h5-10,18H,3-4,11H2,1-2H3. The maximum absolute atomic E-state index is 12.6. The predicted octanol–water partition coefficient (Wildman–Crippen LogP) is 3.10. The first-order chi connectivity index (χ1) is 12.9. The van der Waals surface area contributed by atoms with Crippen molar-refractivity contribution in [1.82, 2.24) is 4.31 Å². The third-order valence-electron chi connectivity index (χ3n) is 4.16. The molecule has 0 amide bonds. The Morgan fingerprint density at radius 3 is 2.48 bits per heavy atom. The van der Waals surface area contributed by atoms with Crippen molar-refractivity contribution in [3.8, 4) is 11.5 Å². The fraction of sp³-hybridized carbons (Fsp3) is 0.294. The van der Waals surface area contributed by atoms with Gasteiger partial charge in [-0.1, -0.05) is 13.8 Å². The van der Waals surface area contributed by atoms with Crippen molar-refractivity contribution in [2.45, 2.75) is 18.7 Å². The zero-order valence-electron chi connectivity index (χ0n) is 14.8. The highest BCUT2D eigenvalue weighted by Crippen LogP contribution is 2.37. The molecule has 27 heavy (non-hydrogen) atoms. The topological polar surface area (TPSA) is 111 Å². The van der Waals surface area contributed by atoms with E-state index in [0.717, 1.165) is 6.07 Å². The molecule has 0 fully saturated rings. The van der Waals surface area contributed by atoms with E-state index in [1.54, 1.807) is 32.0 Å². The Labute approximate surface area is 156 Å². The Bertz CT molecular complexity index is 973. The number of sulfonamides is 1. The summed E-state index contributed by atoms with van der Waals surface area (Å²) >= 11 is 0. The van der Waals surface area contributed by atoms with Crippen LogP contribution in [0, 0.1) is 10.1 Å². The number of nitro groups is 1. The van der Waals surface area contributed by atoms with Crippen LogP contribution in [0.1, 0.15) is 13.8 Å². The molecule has 2 aromatic rings. The number of nitrogens with zero attached hydrogens (tertiary/aromatic N) is 2. The molecule has 0 aliphatic carbocycles. The van der Waals surface area contributed by atoms with Gasteiger partial charge in [-0.05, 0) is 24.3 Å². The van der Waals surface area contributed by atoms with Gasteiger partial charge in [0.15, 0.2) is 11.5 Å². The average molecular weight is 393 g/mol. The lowest BCUT2D eigenvalue weighted by Gasteiger charge is -2.18. The van der Waals surface area contributed by atoms with Crippen molar-refractivity contribution in [2.24, 2.45) is 0 Å². The van der Waals surface area contributed by atoms with Crippen LogP contribution in [-0.2, 0) is 10.0 Å². The highest BCUT2D eigenvalue weighted by molar-refractivity contribution is 7.89. The van der Waals surface area contributed by atoms with Crippen LogP contribution in [0.15, 0.2) is 41.3 Å². The molecule has 0 aromatic heterocycles. The number of nitro benzene ring substituents is 1. The third kappa shape index (κ3) is 3.67. The van der Waals surface area contributed by atoms with Gasteiger partial charge in [-0.25, -0.2) is 8.42 Å². The smallest absolute Gasteiger partial charge is 0.294 e. The first-order valence-corrected chi connectivity index (χ1v) is 9.76. The van der Waals surface area contributed by atoms with Crippen LogP contribution in [-0.4, -0.2) is 37.5 Å². The van der Waals surface area contributed by atoms with E-state index >= 15 is 0 Å². The number of hydrogen-bond acceptors (Lipinski definition) is 7. The SMILES string of the molecule is CCN(CC)S(=O)(=O)c1ccc(Nc2ccc3c(c2)OCO3)c([N+](=O)[O-])c1. The Hall–Kier alpha value is -2.85. The van der Waals surface area contributed by atoms with E-state index < -0.39 is 14.9 Å². The van der Waals surface area contributed by atoms with Gasteiger partial charge in [-0.3, -0.25) is 10.1 Å². The van der Waals surface area contributed by atoms with E-state index in [4.69, 9.17) is 9.47 Å². The van der Waals surface area contributed by atoms with Gasteiger partial charge in [0, 0.05) is 30.9 Å². The molecule has 1 aliphatic heterocycles. The summed E-state index contributed by atoms with van der Waals surface area (Å²) in [5.41, 5.74) is 0.403. The molecule has 9 nitrogen and oxygen atoms in total. The Kier molecular flexibility index (Phi) is 5.19. The van der Waals surface area contributed by atoms with E-state index in [-0.39, 0.29) is 36.2 Å². The van der Waals surface area contributed by atoms with Gasteiger partial charge >= 0.3 is 0 Å². The second-order valence-electron chi connectivity index (χ2n) is 5.72. The number of benzene rings is 2. The van der Waals surface area contributed by atoms with Gasteiger partial charge in [-0.15, -0.1) is 0 Å². The van der Waals surface area contributed by atoms with Crippen LogP contribution >= 0.6 is 0 Å². The summed E-state index contributed by atoms with van der Waals surface area (Å²) in [5, 5.41) is 14.4. The van der Waals surface area contributed by atoms with E-state index in [1.807, 2.05) is 0 Å². The second kappa shape index (κ2) is 7.41. The molecular weight excluding hydrogens is 374 g/mol. The molecule has 0 saturated carbocycles. The fourth-order valence-corrected chi connectivity index (χ4v) is 4.25. The van der Waals surface area contributed by atoms with E-state index in [9.17, 15) is 18.5 Å². The van der Waals surface area contributed by atoms with Crippen molar-refractivity contribution in [3.05, 3.63) is 46.5 Å². The van der Waals surface area contributed by atoms with Crippen LogP contribution in [0.3, 0.4) is 0 Å². The summed E-state index contributed by atoms with van der Waals surface area (Å²) in [5.74, 6) is 1.12. The predicted molar refractivity (Wildman–Crippen MR) is 99.1 cm³/mol. The van der Waals surface area contributed by atoms with Gasteiger partial charge < -0.3 is 14.8 Å². The van der Waals surface area contributed by atoms with Gasteiger partial charge in [0.2, 0.25) is 16.8 Å². The maximum atomic E-state index is 12.6. The largest absolute Gasteiger partial charge is 0.454 e.